The van der Waals surface area contributed by atoms with Gasteiger partial charge in [0.05, 0.1) is 26.1 Å². The lowest BCUT2D eigenvalue weighted by Crippen LogP contribution is -2.46. The molecule has 0 spiro atoms. The maximum atomic E-state index is 11.5. The second-order valence-corrected chi connectivity index (χ2v) is 4.11. The molecule has 1 heterocycles. The van der Waals surface area contributed by atoms with Gasteiger partial charge in [-0.15, -0.1) is 5.06 Å². The summed E-state index contributed by atoms with van der Waals surface area (Å²) in [5, 5.41) is 1.30. The van der Waals surface area contributed by atoms with Gasteiger partial charge in [-0.05, 0) is 6.42 Å². The van der Waals surface area contributed by atoms with Crippen LogP contribution in [0.3, 0.4) is 0 Å². The van der Waals surface area contributed by atoms with Crippen molar-refractivity contribution in [3.8, 4) is 0 Å². The quantitative estimate of drug-likeness (QED) is 0.646. The van der Waals surface area contributed by atoms with Crippen molar-refractivity contribution in [1.29, 1.82) is 0 Å². The first-order chi connectivity index (χ1) is 8.47. The highest BCUT2D eigenvalue weighted by atomic mass is 16.7. The van der Waals surface area contributed by atoms with Crippen molar-refractivity contribution >= 4 is 17.9 Å². The molecule has 2 atom stereocenters. The van der Waals surface area contributed by atoms with E-state index in [-0.39, 0.29) is 13.1 Å². The highest BCUT2D eigenvalue weighted by Gasteiger charge is 2.37. The Morgan fingerprint density at radius 3 is 1.78 bits per heavy atom. The van der Waals surface area contributed by atoms with Crippen LogP contribution in [0.5, 0.6) is 0 Å². The van der Waals surface area contributed by atoms with Crippen LogP contribution >= 0.6 is 0 Å². The molecule has 0 radical (unpaired) electrons. The number of rotatable bonds is 3. The van der Waals surface area contributed by atoms with Gasteiger partial charge in [-0.1, -0.05) is 0 Å². The van der Waals surface area contributed by atoms with Crippen molar-refractivity contribution in [2.45, 2.75) is 13.3 Å². The predicted molar refractivity (Wildman–Crippen MR) is 59.0 cm³/mol. The molecule has 1 aliphatic rings. The smallest absolute Gasteiger partial charge is 0.322 e. The molecular formula is C11H17NO6. The van der Waals surface area contributed by atoms with Gasteiger partial charge in [-0.25, -0.2) is 0 Å². The van der Waals surface area contributed by atoms with E-state index in [1.807, 2.05) is 0 Å². The highest BCUT2D eigenvalue weighted by Crippen LogP contribution is 2.24. The van der Waals surface area contributed by atoms with Gasteiger partial charge in [-0.2, -0.15) is 0 Å². The fourth-order valence-electron chi connectivity index (χ4n) is 1.99. The van der Waals surface area contributed by atoms with E-state index in [4.69, 9.17) is 4.84 Å². The molecule has 1 aliphatic heterocycles. The Morgan fingerprint density at radius 1 is 1.00 bits per heavy atom. The number of esters is 2. The molecule has 2 unspecified atom stereocenters. The summed E-state index contributed by atoms with van der Waals surface area (Å²) in [4.78, 5) is 38.9. The standard InChI is InChI=1S/C11H17NO6/c1-7(13)18-12-5-8(10(14)16-2)4-9(6-12)11(15)17-3/h8-9H,4-6H2,1-3H3. The Balaban J connectivity index is 2.74. The third kappa shape index (κ3) is 3.69. The molecule has 7 nitrogen and oxygen atoms in total. The molecule has 1 fully saturated rings. The van der Waals surface area contributed by atoms with Gasteiger partial charge in [0.25, 0.3) is 0 Å². The fourth-order valence-corrected chi connectivity index (χ4v) is 1.99. The summed E-state index contributed by atoms with van der Waals surface area (Å²) >= 11 is 0. The molecular weight excluding hydrogens is 242 g/mol. The zero-order chi connectivity index (χ0) is 13.7. The van der Waals surface area contributed by atoms with Crippen LogP contribution in [0.4, 0.5) is 0 Å². The maximum Gasteiger partial charge on any atom is 0.322 e. The van der Waals surface area contributed by atoms with Gasteiger partial charge >= 0.3 is 17.9 Å². The first-order valence-electron chi connectivity index (χ1n) is 5.57. The lowest BCUT2D eigenvalue weighted by Gasteiger charge is -2.33. The zero-order valence-corrected chi connectivity index (χ0v) is 10.7. The molecule has 0 amide bonds. The number of methoxy groups -OCH3 is 2. The molecule has 0 aromatic rings. The minimum Gasteiger partial charge on any atom is -0.469 e. The van der Waals surface area contributed by atoms with Crippen LogP contribution < -0.4 is 0 Å². The second-order valence-electron chi connectivity index (χ2n) is 4.11. The summed E-state index contributed by atoms with van der Waals surface area (Å²) in [7, 11) is 2.56. The van der Waals surface area contributed by atoms with E-state index in [2.05, 4.69) is 9.47 Å². The summed E-state index contributed by atoms with van der Waals surface area (Å²) in [5.74, 6) is -2.37. The molecule has 18 heavy (non-hydrogen) atoms. The Bertz CT molecular complexity index is 318. The minimum atomic E-state index is -0.507. The van der Waals surface area contributed by atoms with Crippen molar-refractivity contribution in [2.24, 2.45) is 11.8 Å². The van der Waals surface area contributed by atoms with Crippen LogP contribution in [-0.2, 0) is 28.7 Å². The maximum absolute atomic E-state index is 11.5. The number of carbonyl (C=O) groups is 3. The van der Waals surface area contributed by atoms with Gasteiger partial charge in [0, 0.05) is 20.0 Å². The van der Waals surface area contributed by atoms with Crippen molar-refractivity contribution in [2.75, 3.05) is 27.3 Å². The van der Waals surface area contributed by atoms with Crippen LogP contribution in [0.2, 0.25) is 0 Å². The van der Waals surface area contributed by atoms with Crippen molar-refractivity contribution in [3.63, 3.8) is 0 Å². The number of hydroxylamine groups is 2. The largest absolute Gasteiger partial charge is 0.469 e. The number of nitrogens with zero attached hydrogens (tertiary/aromatic N) is 1. The van der Waals surface area contributed by atoms with E-state index in [1.165, 1.54) is 26.2 Å². The van der Waals surface area contributed by atoms with Gasteiger partial charge in [-0.3, -0.25) is 14.4 Å². The van der Waals surface area contributed by atoms with Crippen LogP contribution in [-0.4, -0.2) is 50.3 Å². The lowest BCUT2D eigenvalue weighted by molar-refractivity contribution is -0.206. The van der Waals surface area contributed by atoms with E-state index in [0.717, 1.165) is 0 Å². The molecule has 0 bridgehead atoms. The van der Waals surface area contributed by atoms with Gasteiger partial charge < -0.3 is 14.3 Å². The summed E-state index contributed by atoms with van der Waals surface area (Å²) < 4.78 is 9.29. The molecule has 102 valence electrons. The van der Waals surface area contributed by atoms with E-state index < -0.39 is 29.7 Å². The number of piperidine rings is 1. The number of hydrogen-bond donors (Lipinski definition) is 0. The molecule has 0 saturated carbocycles. The summed E-state index contributed by atoms with van der Waals surface area (Å²) in [6.45, 7) is 1.70. The molecule has 7 heteroatoms. The fraction of sp³-hybridized carbons (Fsp3) is 0.727. The third-order valence-corrected chi connectivity index (χ3v) is 2.74. The van der Waals surface area contributed by atoms with Crippen LogP contribution in [0.25, 0.3) is 0 Å². The summed E-state index contributed by atoms with van der Waals surface area (Å²) in [6, 6.07) is 0. The number of hydrogen-bond acceptors (Lipinski definition) is 7. The van der Waals surface area contributed by atoms with Crippen LogP contribution in [0.15, 0.2) is 0 Å². The Morgan fingerprint density at radius 2 is 1.44 bits per heavy atom. The first kappa shape index (κ1) is 14.4. The molecule has 0 N–H and O–H groups in total. The van der Waals surface area contributed by atoms with Crippen molar-refractivity contribution in [3.05, 3.63) is 0 Å². The summed E-state index contributed by atoms with van der Waals surface area (Å²) in [5.41, 5.74) is 0. The van der Waals surface area contributed by atoms with Gasteiger partial charge in [0.1, 0.15) is 0 Å². The normalized spacial score (nSPS) is 24.2. The molecule has 1 saturated heterocycles. The Hall–Kier alpha value is -1.63. The third-order valence-electron chi connectivity index (χ3n) is 2.74. The monoisotopic (exact) mass is 259 g/mol. The van der Waals surface area contributed by atoms with E-state index >= 15 is 0 Å². The lowest BCUT2D eigenvalue weighted by atomic mass is 9.90. The van der Waals surface area contributed by atoms with Crippen LogP contribution in [0.1, 0.15) is 13.3 Å². The van der Waals surface area contributed by atoms with Crippen molar-refractivity contribution in [1.82, 2.24) is 5.06 Å². The predicted octanol–water partition coefficient (Wildman–Crippen LogP) is -0.251. The molecule has 0 aliphatic carbocycles. The Kier molecular flexibility index (Phi) is 5.08. The summed E-state index contributed by atoms with van der Waals surface area (Å²) in [6.07, 6.45) is 0.330. The SMILES string of the molecule is COC(=O)C1CC(C(=O)OC)CN(OC(C)=O)C1. The molecule has 0 aromatic heterocycles. The van der Waals surface area contributed by atoms with E-state index in [1.54, 1.807) is 0 Å². The minimum absolute atomic E-state index is 0.222. The second kappa shape index (κ2) is 6.34. The average Bonchev–Trinajstić information content (AvgIpc) is 2.35. The van der Waals surface area contributed by atoms with Gasteiger partial charge in [0.15, 0.2) is 0 Å². The molecule has 0 aromatic carbocycles. The topological polar surface area (TPSA) is 82.1 Å². The Labute approximate surface area is 105 Å². The van der Waals surface area contributed by atoms with Crippen LogP contribution in [0, 0.1) is 11.8 Å². The van der Waals surface area contributed by atoms with E-state index in [0.29, 0.717) is 6.42 Å². The number of carbonyl (C=O) groups excluding carboxylic acids is 3. The van der Waals surface area contributed by atoms with Gasteiger partial charge in [0.2, 0.25) is 0 Å². The molecule has 1 rings (SSSR count). The number of ether oxygens (including phenoxy) is 2. The zero-order valence-electron chi connectivity index (χ0n) is 10.7. The van der Waals surface area contributed by atoms with E-state index in [9.17, 15) is 14.4 Å². The first-order valence-corrected chi connectivity index (χ1v) is 5.57. The highest BCUT2D eigenvalue weighted by molar-refractivity contribution is 5.77. The van der Waals surface area contributed by atoms with Crippen molar-refractivity contribution < 1.29 is 28.7 Å². The average molecular weight is 259 g/mol.